The summed E-state index contributed by atoms with van der Waals surface area (Å²) in [4.78, 5) is 9.65. The minimum atomic E-state index is 0.173. The third-order valence-corrected chi connectivity index (χ3v) is 4.19. The van der Waals surface area contributed by atoms with Gasteiger partial charge >= 0.3 is 0 Å². The van der Waals surface area contributed by atoms with Crippen LogP contribution in [0.3, 0.4) is 0 Å². The molecule has 1 N–H and O–H groups in total. The average molecular weight is 323 g/mol. The fourth-order valence-electron chi connectivity index (χ4n) is 3.12. The van der Waals surface area contributed by atoms with Crippen LogP contribution in [-0.2, 0) is 12.8 Å². The maximum atomic E-state index is 9.09. The lowest BCUT2D eigenvalue weighted by molar-refractivity contribution is 0.299. The molecule has 0 atom stereocenters. The Bertz CT molecular complexity index is 847. The summed E-state index contributed by atoms with van der Waals surface area (Å²) in [7, 11) is 0. The highest BCUT2D eigenvalue weighted by Crippen LogP contribution is 2.25. The Labute approximate surface area is 143 Å². The van der Waals surface area contributed by atoms with Crippen LogP contribution in [0.2, 0.25) is 0 Å². The van der Waals surface area contributed by atoms with Crippen molar-refractivity contribution in [3.63, 3.8) is 0 Å². The number of nitrogens with zero attached hydrogens (tertiary/aromatic N) is 3. The molecule has 0 spiro atoms. The average Bonchev–Trinajstić information content (AvgIpc) is 2.86. The van der Waals surface area contributed by atoms with Gasteiger partial charge < -0.3 is 5.11 Å². The number of aliphatic hydroxyl groups is 1. The summed E-state index contributed by atoms with van der Waals surface area (Å²) in [5.41, 5.74) is 6.30. The van der Waals surface area contributed by atoms with Crippen molar-refractivity contribution in [3.05, 3.63) is 53.0 Å². The van der Waals surface area contributed by atoms with E-state index in [2.05, 4.69) is 55.7 Å². The van der Waals surface area contributed by atoms with Gasteiger partial charge in [0.25, 0.3) is 0 Å². The van der Waals surface area contributed by atoms with Gasteiger partial charge in [-0.05, 0) is 55.5 Å². The van der Waals surface area contributed by atoms with E-state index in [4.69, 9.17) is 15.1 Å². The van der Waals surface area contributed by atoms with Gasteiger partial charge in [-0.2, -0.15) is 0 Å². The van der Waals surface area contributed by atoms with Crippen molar-refractivity contribution in [2.45, 2.75) is 40.5 Å². The van der Waals surface area contributed by atoms with Gasteiger partial charge in [0.15, 0.2) is 5.65 Å². The Morgan fingerprint density at radius 3 is 2.42 bits per heavy atom. The van der Waals surface area contributed by atoms with Crippen LogP contribution in [-0.4, -0.2) is 26.2 Å². The van der Waals surface area contributed by atoms with Gasteiger partial charge in [-0.1, -0.05) is 26.0 Å². The maximum absolute atomic E-state index is 9.09. The number of pyridine rings is 1. The summed E-state index contributed by atoms with van der Waals surface area (Å²) < 4.78 is 2.18. The number of aliphatic hydroxyl groups excluding tert-OH is 1. The van der Waals surface area contributed by atoms with Crippen molar-refractivity contribution in [1.29, 1.82) is 0 Å². The predicted octanol–water partition coefficient (Wildman–Crippen LogP) is 3.77. The van der Waals surface area contributed by atoms with E-state index in [0.717, 1.165) is 45.9 Å². The van der Waals surface area contributed by atoms with Gasteiger partial charge in [0, 0.05) is 24.4 Å². The molecule has 3 rings (SSSR count). The van der Waals surface area contributed by atoms with Gasteiger partial charge in [-0.25, -0.2) is 9.97 Å². The molecule has 0 saturated carbocycles. The molecule has 0 saturated heterocycles. The molecule has 4 heteroatoms. The summed E-state index contributed by atoms with van der Waals surface area (Å²) in [6.07, 6.45) is 1.59. The molecule has 0 unspecified atom stereocenters. The highest BCUT2D eigenvalue weighted by atomic mass is 16.2. The van der Waals surface area contributed by atoms with Crippen LogP contribution in [0.1, 0.15) is 36.5 Å². The zero-order valence-corrected chi connectivity index (χ0v) is 14.9. The second-order valence-corrected chi connectivity index (χ2v) is 6.85. The second kappa shape index (κ2) is 6.73. The molecule has 0 aliphatic rings. The van der Waals surface area contributed by atoms with E-state index >= 15 is 0 Å². The fraction of sp³-hybridized carbons (Fsp3) is 0.400. The van der Waals surface area contributed by atoms with Gasteiger partial charge in [-0.3, -0.25) is 4.57 Å². The van der Waals surface area contributed by atoms with Crippen molar-refractivity contribution >= 4 is 11.2 Å². The Hall–Kier alpha value is -2.20. The molecule has 0 aliphatic heterocycles. The molecule has 126 valence electrons. The zero-order chi connectivity index (χ0) is 17.3. The van der Waals surface area contributed by atoms with Crippen molar-refractivity contribution < 1.29 is 5.11 Å². The molecule has 1 aromatic carbocycles. The second-order valence-electron chi connectivity index (χ2n) is 6.85. The van der Waals surface area contributed by atoms with E-state index in [1.807, 2.05) is 6.92 Å². The van der Waals surface area contributed by atoms with Crippen molar-refractivity contribution in [3.8, 4) is 5.69 Å². The monoisotopic (exact) mass is 323 g/mol. The Morgan fingerprint density at radius 2 is 1.79 bits per heavy atom. The molecule has 0 amide bonds. The highest BCUT2D eigenvalue weighted by Gasteiger charge is 2.16. The van der Waals surface area contributed by atoms with Crippen LogP contribution in [0.25, 0.3) is 16.9 Å². The van der Waals surface area contributed by atoms with Gasteiger partial charge in [0.1, 0.15) is 11.3 Å². The van der Waals surface area contributed by atoms with E-state index < -0.39 is 0 Å². The molecule has 2 heterocycles. The van der Waals surface area contributed by atoms with Gasteiger partial charge in [-0.15, -0.1) is 0 Å². The number of imidazole rings is 1. The zero-order valence-electron chi connectivity index (χ0n) is 14.9. The quantitative estimate of drug-likeness (QED) is 0.777. The van der Waals surface area contributed by atoms with Crippen molar-refractivity contribution in [2.24, 2.45) is 5.92 Å². The van der Waals surface area contributed by atoms with E-state index in [1.165, 1.54) is 0 Å². The number of hydrogen-bond acceptors (Lipinski definition) is 3. The Morgan fingerprint density at radius 1 is 1.08 bits per heavy atom. The molecule has 4 nitrogen and oxygen atoms in total. The topological polar surface area (TPSA) is 50.9 Å². The van der Waals surface area contributed by atoms with Crippen LogP contribution < -0.4 is 0 Å². The highest BCUT2D eigenvalue weighted by molar-refractivity contribution is 5.78. The van der Waals surface area contributed by atoms with E-state index in [9.17, 15) is 0 Å². The summed E-state index contributed by atoms with van der Waals surface area (Å²) in [5.74, 6) is 1.58. The smallest absolute Gasteiger partial charge is 0.165 e. The first-order valence-electron chi connectivity index (χ1n) is 8.55. The Kier molecular flexibility index (Phi) is 4.67. The largest absolute Gasteiger partial charge is 0.396 e. The number of aryl methyl sites for hydroxylation is 2. The molecule has 0 aliphatic carbocycles. The molecule has 24 heavy (non-hydrogen) atoms. The van der Waals surface area contributed by atoms with Crippen LogP contribution >= 0.6 is 0 Å². The molecule has 0 bridgehead atoms. The maximum Gasteiger partial charge on any atom is 0.165 e. The molecular formula is C20H25N3O. The summed E-state index contributed by atoms with van der Waals surface area (Å²) >= 11 is 0. The number of fused-ring (bicyclic) bond motifs is 1. The predicted molar refractivity (Wildman–Crippen MR) is 97.7 cm³/mol. The van der Waals surface area contributed by atoms with Gasteiger partial charge in [0.2, 0.25) is 0 Å². The van der Waals surface area contributed by atoms with Crippen molar-refractivity contribution in [1.82, 2.24) is 14.5 Å². The van der Waals surface area contributed by atoms with E-state index in [0.29, 0.717) is 12.3 Å². The molecule has 0 radical (unpaired) electrons. The lowest BCUT2D eigenvalue weighted by Gasteiger charge is -2.11. The standard InChI is InChI=1S/C20H25N3O/c1-13(2)11-18-22-19-14(3)12-15(4)21-20(19)23(18)17-7-5-16(6-8-17)9-10-24/h5-8,12-13,24H,9-11H2,1-4H3. The summed E-state index contributed by atoms with van der Waals surface area (Å²) in [5, 5.41) is 9.09. The molecule has 0 fully saturated rings. The lowest BCUT2D eigenvalue weighted by atomic mass is 10.1. The minimum absolute atomic E-state index is 0.173. The first kappa shape index (κ1) is 16.7. The fourth-order valence-corrected chi connectivity index (χ4v) is 3.12. The number of rotatable bonds is 5. The number of benzene rings is 1. The lowest BCUT2D eigenvalue weighted by Crippen LogP contribution is -2.06. The van der Waals surface area contributed by atoms with Crippen LogP contribution in [0.5, 0.6) is 0 Å². The van der Waals surface area contributed by atoms with Crippen LogP contribution in [0.15, 0.2) is 30.3 Å². The SMILES string of the molecule is Cc1cc(C)c2nc(CC(C)C)n(-c3ccc(CCO)cc3)c2n1. The summed E-state index contributed by atoms with van der Waals surface area (Å²) in [6, 6.07) is 10.4. The van der Waals surface area contributed by atoms with Crippen LogP contribution in [0.4, 0.5) is 0 Å². The van der Waals surface area contributed by atoms with Crippen LogP contribution in [0, 0.1) is 19.8 Å². The molecule has 3 aromatic rings. The normalized spacial score (nSPS) is 11.6. The van der Waals surface area contributed by atoms with Crippen molar-refractivity contribution in [2.75, 3.05) is 6.61 Å². The minimum Gasteiger partial charge on any atom is -0.396 e. The van der Waals surface area contributed by atoms with Gasteiger partial charge in [0.05, 0.1) is 0 Å². The molecule has 2 aromatic heterocycles. The third kappa shape index (κ3) is 3.20. The summed E-state index contributed by atoms with van der Waals surface area (Å²) in [6.45, 7) is 8.71. The number of hydrogen-bond donors (Lipinski definition) is 1. The first-order valence-corrected chi connectivity index (χ1v) is 8.55. The van der Waals surface area contributed by atoms with E-state index in [1.54, 1.807) is 0 Å². The number of aromatic nitrogens is 3. The first-order chi connectivity index (χ1) is 11.5. The third-order valence-electron chi connectivity index (χ3n) is 4.19. The molecular weight excluding hydrogens is 298 g/mol. The Balaban J connectivity index is 2.19. The van der Waals surface area contributed by atoms with E-state index in [-0.39, 0.29) is 6.61 Å².